The molecule has 21 heavy (non-hydrogen) atoms. The van der Waals surface area contributed by atoms with Crippen LogP contribution in [0.25, 0.3) is 0 Å². The Morgan fingerprint density at radius 2 is 2.00 bits per heavy atom. The zero-order valence-corrected chi connectivity index (χ0v) is 11.8. The number of carbonyl (C=O) groups excluding carboxylic acids is 1. The summed E-state index contributed by atoms with van der Waals surface area (Å²) in [5, 5.41) is 22.4. The number of aliphatic hydroxyl groups excluding tert-OH is 1. The highest BCUT2D eigenvalue weighted by atomic mass is 16.5. The first-order valence-electron chi connectivity index (χ1n) is 6.15. The molecule has 0 aliphatic heterocycles. The standard InChI is InChI=1S/C13H18N2O6/c1-20-8-3-4-11(21-2)10(7-8)15-13(19)14-9(5-6-16)12(17)18/h3-4,7,9,16H,5-6H2,1-2H3,(H,17,18)(H2,14,15,19)/t9-/m0/s1. The van der Waals surface area contributed by atoms with Gasteiger partial charge in [0.1, 0.15) is 17.5 Å². The van der Waals surface area contributed by atoms with Crippen LogP contribution in [0.1, 0.15) is 6.42 Å². The maximum atomic E-state index is 11.8. The predicted molar refractivity (Wildman–Crippen MR) is 74.8 cm³/mol. The number of carboxylic acids is 1. The van der Waals surface area contributed by atoms with Crippen LogP contribution in [0.3, 0.4) is 0 Å². The minimum atomic E-state index is -1.23. The van der Waals surface area contributed by atoms with E-state index < -0.39 is 18.0 Å². The summed E-state index contributed by atoms with van der Waals surface area (Å²) in [5.74, 6) is -0.312. The summed E-state index contributed by atoms with van der Waals surface area (Å²) < 4.78 is 10.1. The summed E-state index contributed by atoms with van der Waals surface area (Å²) in [5.41, 5.74) is 0.336. The first-order chi connectivity index (χ1) is 10.0. The topological polar surface area (TPSA) is 117 Å². The number of rotatable bonds is 7. The van der Waals surface area contributed by atoms with Crippen molar-refractivity contribution in [3.8, 4) is 11.5 Å². The zero-order chi connectivity index (χ0) is 15.8. The molecule has 0 unspecified atom stereocenters. The Morgan fingerprint density at radius 1 is 1.29 bits per heavy atom. The lowest BCUT2D eigenvalue weighted by molar-refractivity contribution is -0.139. The van der Waals surface area contributed by atoms with E-state index in [4.69, 9.17) is 19.7 Å². The smallest absolute Gasteiger partial charge is 0.326 e. The molecule has 0 saturated heterocycles. The molecule has 0 bridgehead atoms. The lowest BCUT2D eigenvalue weighted by Crippen LogP contribution is -2.43. The minimum absolute atomic E-state index is 0.0853. The molecular formula is C13H18N2O6. The van der Waals surface area contributed by atoms with Crippen molar-refractivity contribution in [3.05, 3.63) is 18.2 Å². The summed E-state index contributed by atoms with van der Waals surface area (Å²) in [4.78, 5) is 22.7. The molecule has 8 heteroatoms. The second-order valence-electron chi connectivity index (χ2n) is 4.07. The van der Waals surface area contributed by atoms with E-state index in [0.29, 0.717) is 17.2 Å². The van der Waals surface area contributed by atoms with Crippen LogP contribution < -0.4 is 20.1 Å². The van der Waals surface area contributed by atoms with Crippen LogP contribution in [-0.4, -0.2) is 49.1 Å². The van der Waals surface area contributed by atoms with Crippen molar-refractivity contribution in [2.24, 2.45) is 0 Å². The fourth-order valence-corrected chi connectivity index (χ4v) is 1.61. The number of aliphatic hydroxyl groups is 1. The van der Waals surface area contributed by atoms with Crippen LogP contribution >= 0.6 is 0 Å². The van der Waals surface area contributed by atoms with Crippen molar-refractivity contribution in [1.29, 1.82) is 0 Å². The number of aliphatic carboxylic acids is 1. The third-order valence-electron chi connectivity index (χ3n) is 2.68. The highest BCUT2D eigenvalue weighted by Crippen LogP contribution is 2.28. The molecule has 8 nitrogen and oxygen atoms in total. The summed E-state index contributed by atoms with van der Waals surface area (Å²) in [6, 6.07) is 2.92. The van der Waals surface area contributed by atoms with E-state index in [1.54, 1.807) is 18.2 Å². The molecule has 1 rings (SSSR count). The molecule has 0 aliphatic carbocycles. The first kappa shape index (κ1) is 16.6. The van der Waals surface area contributed by atoms with Gasteiger partial charge in [0.2, 0.25) is 0 Å². The highest BCUT2D eigenvalue weighted by Gasteiger charge is 2.19. The number of methoxy groups -OCH3 is 2. The lowest BCUT2D eigenvalue weighted by atomic mass is 10.2. The molecule has 0 saturated carbocycles. The van der Waals surface area contributed by atoms with Gasteiger partial charge in [0.25, 0.3) is 0 Å². The third kappa shape index (κ3) is 4.84. The second kappa shape index (κ2) is 7.95. The van der Waals surface area contributed by atoms with Crippen LogP contribution in [0.5, 0.6) is 11.5 Å². The Morgan fingerprint density at radius 3 is 2.52 bits per heavy atom. The van der Waals surface area contributed by atoms with Gasteiger partial charge >= 0.3 is 12.0 Å². The van der Waals surface area contributed by atoms with E-state index in [0.717, 1.165) is 0 Å². The molecule has 1 aromatic rings. The van der Waals surface area contributed by atoms with E-state index in [2.05, 4.69) is 10.6 Å². The SMILES string of the molecule is COc1ccc(OC)c(NC(=O)N[C@@H](CCO)C(=O)O)c1. The Kier molecular flexibility index (Phi) is 6.28. The average Bonchev–Trinajstić information content (AvgIpc) is 2.46. The van der Waals surface area contributed by atoms with E-state index in [1.165, 1.54) is 14.2 Å². The highest BCUT2D eigenvalue weighted by molar-refractivity contribution is 5.93. The number of amides is 2. The van der Waals surface area contributed by atoms with Gasteiger partial charge in [0.15, 0.2) is 0 Å². The summed E-state index contributed by atoms with van der Waals surface area (Å²) in [6.07, 6.45) is -0.0853. The quantitative estimate of drug-likeness (QED) is 0.587. The number of carboxylic acid groups (broad SMARTS) is 1. The minimum Gasteiger partial charge on any atom is -0.497 e. The molecule has 0 aromatic heterocycles. The van der Waals surface area contributed by atoms with Crippen molar-refractivity contribution in [2.45, 2.75) is 12.5 Å². The molecule has 0 spiro atoms. The molecule has 4 N–H and O–H groups in total. The fourth-order valence-electron chi connectivity index (χ4n) is 1.61. The Hall–Kier alpha value is -2.48. The fraction of sp³-hybridized carbons (Fsp3) is 0.385. The van der Waals surface area contributed by atoms with E-state index in [-0.39, 0.29) is 13.0 Å². The Labute approximate surface area is 121 Å². The normalized spacial score (nSPS) is 11.4. The molecule has 0 aliphatic rings. The largest absolute Gasteiger partial charge is 0.497 e. The summed E-state index contributed by atoms with van der Waals surface area (Å²) >= 11 is 0. The number of hydrogen-bond acceptors (Lipinski definition) is 5. The summed E-state index contributed by atoms with van der Waals surface area (Å²) in [7, 11) is 2.92. The predicted octanol–water partition coefficient (Wildman–Crippen LogP) is 0.661. The number of urea groups is 1. The van der Waals surface area contributed by atoms with Crippen molar-refractivity contribution < 1.29 is 29.3 Å². The van der Waals surface area contributed by atoms with Crippen LogP contribution in [-0.2, 0) is 4.79 Å². The number of anilines is 1. The number of nitrogens with one attached hydrogen (secondary N) is 2. The van der Waals surface area contributed by atoms with Crippen LogP contribution in [0, 0.1) is 0 Å². The molecular weight excluding hydrogens is 280 g/mol. The monoisotopic (exact) mass is 298 g/mol. The number of ether oxygens (including phenoxy) is 2. The van der Waals surface area contributed by atoms with Gasteiger partial charge in [-0.25, -0.2) is 9.59 Å². The number of carbonyl (C=O) groups is 2. The lowest BCUT2D eigenvalue weighted by Gasteiger charge is -2.16. The third-order valence-corrected chi connectivity index (χ3v) is 2.68. The number of benzene rings is 1. The van der Waals surface area contributed by atoms with Gasteiger partial charge in [-0.2, -0.15) is 0 Å². The van der Waals surface area contributed by atoms with E-state index >= 15 is 0 Å². The van der Waals surface area contributed by atoms with Gasteiger partial charge < -0.3 is 30.3 Å². The molecule has 1 aromatic carbocycles. The van der Waals surface area contributed by atoms with Crippen molar-refractivity contribution in [2.75, 3.05) is 26.1 Å². The van der Waals surface area contributed by atoms with Crippen molar-refractivity contribution >= 4 is 17.7 Å². The van der Waals surface area contributed by atoms with Gasteiger partial charge in [-0.1, -0.05) is 0 Å². The van der Waals surface area contributed by atoms with Gasteiger partial charge in [-0.05, 0) is 12.1 Å². The van der Waals surface area contributed by atoms with E-state index in [9.17, 15) is 9.59 Å². The molecule has 0 fully saturated rings. The first-order valence-corrected chi connectivity index (χ1v) is 6.15. The summed E-state index contributed by atoms with van der Waals surface area (Å²) in [6.45, 7) is -0.347. The van der Waals surface area contributed by atoms with Gasteiger partial charge in [-0.3, -0.25) is 0 Å². The average molecular weight is 298 g/mol. The molecule has 0 radical (unpaired) electrons. The van der Waals surface area contributed by atoms with E-state index in [1.807, 2.05) is 0 Å². The van der Waals surface area contributed by atoms with Crippen LogP contribution in [0.2, 0.25) is 0 Å². The number of hydrogen-bond donors (Lipinski definition) is 4. The van der Waals surface area contributed by atoms with Crippen LogP contribution in [0.4, 0.5) is 10.5 Å². The molecule has 1 atom stereocenters. The maximum Gasteiger partial charge on any atom is 0.326 e. The zero-order valence-electron chi connectivity index (χ0n) is 11.8. The maximum absolute atomic E-state index is 11.8. The Bertz CT molecular complexity index is 505. The van der Waals surface area contributed by atoms with Gasteiger partial charge in [-0.15, -0.1) is 0 Å². The van der Waals surface area contributed by atoms with Crippen LogP contribution in [0.15, 0.2) is 18.2 Å². The molecule has 2 amide bonds. The second-order valence-corrected chi connectivity index (χ2v) is 4.07. The Balaban J connectivity index is 2.79. The van der Waals surface area contributed by atoms with Crippen molar-refractivity contribution in [1.82, 2.24) is 5.32 Å². The molecule has 116 valence electrons. The van der Waals surface area contributed by atoms with Crippen molar-refractivity contribution in [3.63, 3.8) is 0 Å². The van der Waals surface area contributed by atoms with Gasteiger partial charge in [0, 0.05) is 19.1 Å². The molecule has 0 heterocycles. The van der Waals surface area contributed by atoms with Gasteiger partial charge in [0.05, 0.1) is 19.9 Å².